The second-order valence-corrected chi connectivity index (χ2v) is 5.23. The van der Waals surface area contributed by atoms with Gasteiger partial charge < -0.3 is 20.3 Å². The van der Waals surface area contributed by atoms with E-state index >= 15 is 0 Å². The zero-order chi connectivity index (χ0) is 14.9. The number of ether oxygens (including phenoxy) is 1. The van der Waals surface area contributed by atoms with Gasteiger partial charge in [0.2, 0.25) is 0 Å². The normalized spacial score (nSPS) is 18.6. The number of nitrogen functional groups attached to an aromatic ring is 1. The van der Waals surface area contributed by atoms with Gasteiger partial charge in [-0.25, -0.2) is 9.18 Å². The zero-order valence-corrected chi connectivity index (χ0v) is 12.0. The Morgan fingerprint density at radius 3 is 2.75 bits per heavy atom. The zero-order valence-electron chi connectivity index (χ0n) is 12.0. The quantitative estimate of drug-likeness (QED) is 0.669. The summed E-state index contributed by atoms with van der Waals surface area (Å²) < 4.78 is 18.8. The molecular weight excluding hydrogens is 261 g/mol. The van der Waals surface area contributed by atoms with Crippen LogP contribution in [0.4, 0.5) is 15.8 Å². The summed E-state index contributed by atoms with van der Waals surface area (Å²) >= 11 is 0. The van der Waals surface area contributed by atoms with E-state index in [-0.39, 0.29) is 11.3 Å². The lowest BCUT2D eigenvalue weighted by Crippen LogP contribution is -2.31. The Morgan fingerprint density at radius 2 is 2.20 bits per heavy atom. The lowest BCUT2D eigenvalue weighted by Gasteiger charge is -2.23. The van der Waals surface area contributed by atoms with Crippen molar-refractivity contribution in [2.45, 2.75) is 12.5 Å². The van der Waals surface area contributed by atoms with Crippen molar-refractivity contribution >= 4 is 17.3 Å². The predicted molar refractivity (Wildman–Crippen MR) is 76.5 cm³/mol. The van der Waals surface area contributed by atoms with Crippen LogP contribution in [0.15, 0.2) is 12.1 Å². The number of likely N-dealkylation sites (N-methyl/N-ethyl adjacent to an activating group) is 1. The van der Waals surface area contributed by atoms with Crippen LogP contribution >= 0.6 is 0 Å². The summed E-state index contributed by atoms with van der Waals surface area (Å²) in [5.74, 6) is -0.957. The number of anilines is 2. The standard InChI is InChI=1S/C14H20FN3O2/c1-17(2)9-4-5-18(8-9)13-6-10(14(19)20-3)12(16)7-11(13)15/h6-7,9H,4-5,8,16H2,1-3H3. The highest BCUT2D eigenvalue weighted by atomic mass is 19.1. The molecule has 1 fully saturated rings. The Kier molecular flexibility index (Phi) is 4.13. The first kappa shape index (κ1) is 14.6. The Hall–Kier alpha value is -1.82. The maximum absolute atomic E-state index is 14.1. The van der Waals surface area contributed by atoms with E-state index in [9.17, 15) is 9.18 Å². The summed E-state index contributed by atoms with van der Waals surface area (Å²) in [4.78, 5) is 15.7. The van der Waals surface area contributed by atoms with Gasteiger partial charge >= 0.3 is 5.97 Å². The molecule has 1 saturated heterocycles. The van der Waals surface area contributed by atoms with E-state index in [0.717, 1.165) is 19.5 Å². The minimum absolute atomic E-state index is 0.0986. The van der Waals surface area contributed by atoms with E-state index in [1.54, 1.807) is 0 Å². The molecule has 1 atom stereocenters. The Bertz CT molecular complexity index is 519. The molecule has 1 aromatic carbocycles. The van der Waals surface area contributed by atoms with Crippen LogP contribution in [0.5, 0.6) is 0 Å². The molecule has 0 amide bonds. The first-order chi connectivity index (χ1) is 9.43. The summed E-state index contributed by atoms with van der Waals surface area (Å²) in [5.41, 5.74) is 6.38. The van der Waals surface area contributed by atoms with Crippen molar-refractivity contribution in [1.82, 2.24) is 4.90 Å². The summed E-state index contributed by atoms with van der Waals surface area (Å²) in [6.45, 7) is 1.48. The van der Waals surface area contributed by atoms with Gasteiger partial charge in [0.1, 0.15) is 5.82 Å². The van der Waals surface area contributed by atoms with Gasteiger partial charge in [0, 0.05) is 24.8 Å². The first-order valence-corrected chi connectivity index (χ1v) is 6.52. The van der Waals surface area contributed by atoms with Gasteiger partial charge in [-0.15, -0.1) is 0 Å². The average molecular weight is 281 g/mol. The van der Waals surface area contributed by atoms with E-state index in [2.05, 4.69) is 9.64 Å². The van der Waals surface area contributed by atoms with Gasteiger partial charge in [0.25, 0.3) is 0 Å². The largest absolute Gasteiger partial charge is 0.465 e. The molecular formula is C14H20FN3O2. The molecule has 1 heterocycles. The van der Waals surface area contributed by atoms with Crippen molar-refractivity contribution in [1.29, 1.82) is 0 Å². The highest BCUT2D eigenvalue weighted by Crippen LogP contribution is 2.29. The predicted octanol–water partition coefficient (Wildman–Crippen LogP) is 1.33. The minimum Gasteiger partial charge on any atom is -0.465 e. The van der Waals surface area contributed by atoms with Crippen molar-refractivity contribution in [3.05, 3.63) is 23.5 Å². The van der Waals surface area contributed by atoms with Crippen molar-refractivity contribution in [2.75, 3.05) is 44.9 Å². The number of hydrogen-bond acceptors (Lipinski definition) is 5. The topological polar surface area (TPSA) is 58.8 Å². The van der Waals surface area contributed by atoms with Crippen molar-refractivity contribution in [3.63, 3.8) is 0 Å². The van der Waals surface area contributed by atoms with Gasteiger partial charge in [-0.1, -0.05) is 0 Å². The number of benzene rings is 1. The summed E-state index contributed by atoms with van der Waals surface area (Å²) in [6, 6.07) is 3.05. The van der Waals surface area contributed by atoms with Gasteiger partial charge in [0.15, 0.2) is 0 Å². The van der Waals surface area contributed by atoms with E-state index in [0.29, 0.717) is 11.7 Å². The fourth-order valence-corrected chi connectivity index (χ4v) is 2.49. The Balaban J connectivity index is 2.30. The molecule has 1 aliphatic heterocycles. The van der Waals surface area contributed by atoms with E-state index in [1.807, 2.05) is 19.0 Å². The number of nitrogens with zero attached hydrogens (tertiary/aromatic N) is 2. The maximum atomic E-state index is 14.1. The van der Waals surface area contributed by atoms with Crippen molar-refractivity contribution in [3.8, 4) is 0 Å². The molecule has 0 spiro atoms. The average Bonchev–Trinajstić information content (AvgIpc) is 2.87. The lowest BCUT2D eigenvalue weighted by molar-refractivity contribution is 0.0602. The van der Waals surface area contributed by atoms with Crippen LogP contribution in [0.2, 0.25) is 0 Å². The molecule has 0 saturated carbocycles. The number of carbonyl (C=O) groups is 1. The minimum atomic E-state index is -0.549. The smallest absolute Gasteiger partial charge is 0.340 e. The fraction of sp³-hybridized carbons (Fsp3) is 0.500. The molecule has 110 valence electrons. The first-order valence-electron chi connectivity index (χ1n) is 6.52. The second kappa shape index (κ2) is 5.66. The number of rotatable bonds is 3. The van der Waals surface area contributed by atoms with Gasteiger partial charge in [0.05, 0.1) is 18.4 Å². The summed E-state index contributed by atoms with van der Waals surface area (Å²) in [7, 11) is 5.30. The third-order valence-corrected chi connectivity index (χ3v) is 3.76. The van der Waals surface area contributed by atoms with Crippen LogP contribution in [0, 0.1) is 5.82 Å². The van der Waals surface area contributed by atoms with Crippen LogP contribution in [-0.2, 0) is 4.74 Å². The highest BCUT2D eigenvalue weighted by molar-refractivity contribution is 5.96. The maximum Gasteiger partial charge on any atom is 0.340 e. The molecule has 6 heteroatoms. The molecule has 2 rings (SSSR count). The highest BCUT2D eigenvalue weighted by Gasteiger charge is 2.27. The van der Waals surface area contributed by atoms with Gasteiger partial charge in [-0.2, -0.15) is 0 Å². The number of nitrogens with two attached hydrogens (primary N) is 1. The fourth-order valence-electron chi connectivity index (χ4n) is 2.49. The second-order valence-electron chi connectivity index (χ2n) is 5.23. The van der Waals surface area contributed by atoms with Gasteiger partial charge in [-0.05, 0) is 32.6 Å². The Labute approximate surface area is 118 Å². The van der Waals surface area contributed by atoms with E-state index in [1.165, 1.54) is 19.2 Å². The van der Waals surface area contributed by atoms with Crippen LogP contribution < -0.4 is 10.6 Å². The molecule has 0 aromatic heterocycles. The number of hydrogen-bond donors (Lipinski definition) is 1. The number of halogens is 1. The van der Waals surface area contributed by atoms with Crippen LogP contribution in [-0.4, -0.2) is 51.2 Å². The number of esters is 1. The third kappa shape index (κ3) is 2.70. The van der Waals surface area contributed by atoms with E-state index in [4.69, 9.17) is 5.73 Å². The van der Waals surface area contributed by atoms with Crippen molar-refractivity contribution < 1.29 is 13.9 Å². The Morgan fingerprint density at radius 1 is 1.50 bits per heavy atom. The molecule has 1 aromatic rings. The molecule has 1 unspecified atom stereocenters. The molecule has 20 heavy (non-hydrogen) atoms. The molecule has 5 nitrogen and oxygen atoms in total. The lowest BCUT2D eigenvalue weighted by atomic mass is 10.1. The van der Waals surface area contributed by atoms with Crippen LogP contribution in [0.1, 0.15) is 16.8 Å². The van der Waals surface area contributed by atoms with Crippen molar-refractivity contribution in [2.24, 2.45) is 0 Å². The molecule has 0 bridgehead atoms. The molecule has 1 aliphatic rings. The van der Waals surface area contributed by atoms with Crippen LogP contribution in [0.25, 0.3) is 0 Å². The number of carbonyl (C=O) groups excluding carboxylic acids is 1. The summed E-state index contributed by atoms with van der Waals surface area (Å²) in [6.07, 6.45) is 0.963. The summed E-state index contributed by atoms with van der Waals surface area (Å²) in [5, 5.41) is 0. The molecule has 0 aliphatic carbocycles. The van der Waals surface area contributed by atoms with Gasteiger partial charge in [-0.3, -0.25) is 0 Å². The number of methoxy groups -OCH3 is 1. The molecule has 2 N–H and O–H groups in total. The third-order valence-electron chi connectivity index (χ3n) is 3.76. The SMILES string of the molecule is COC(=O)c1cc(N2CCC(N(C)C)C2)c(F)cc1N. The van der Waals surface area contributed by atoms with Crippen LogP contribution in [0.3, 0.4) is 0 Å². The van der Waals surface area contributed by atoms with E-state index < -0.39 is 11.8 Å². The monoisotopic (exact) mass is 281 g/mol. The molecule has 0 radical (unpaired) electrons.